The van der Waals surface area contributed by atoms with Gasteiger partial charge in [-0.2, -0.15) is 5.11 Å². The van der Waals surface area contributed by atoms with Crippen molar-refractivity contribution in [2.45, 2.75) is 19.0 Å². The number of methoxy groups -OCH3 is 1. The Morgan fingerprint density at radius 3 is 2.62 bits per heavy atom. The first kappa shape index (κ1) is 16.2. The quantitative estimate of drug-likeness (QED) is 0.794. The molecule has 132 valence electrons. The summed E-state index contributed by atoms with van der Waals surface area (Å²) in [6.45, 7) is 1.61. The summed E-state index contributed by atoms with van der Waals surface area (Å²) in [6.07, 6.45) is 0. The highest BCUT2D eigenvalue weighted by atomic mass is 19.1. The number of hydrogen-bond acceptors (Lipinski definition) is 6. The van der Waals surface area contributed by atoms with Crippen LogP contribution in [-0.4, -0.2) is 31.0 Å². The van der Waals surface area contributed by atoms with Crippen LogP contribution in [0.25, 0.3) is 0 Å². The zero-order chi connectivity index (χ0) is 18.4. The van der Waals surface area contributed by atoms with E-state index < -0.39 is 29.7 Å². The fourth-order valence-electron chi connectivity index (χ4n) is 3.10. The van der Waals surface area contributed by atoms with Gasteiger partial charge in [0.1, 0.15) is 11.6 Å². The van der Waals surface area contributed by atoms with E-state index in [0.29, 0.717) is 17.0 Å². The molecule has 0 unspecified atom stereocenters. The van der Waals surface area contributed by atoms with E-state index in [1.165, 1.54) is 24.3 Å². The molecule has 2 amide bonds. The van der Waals surface area contributed by atoms with E-state index in [1.54, 1.807) is 37.3 Å². The largest absolute Gasteiger partial charge is 0.497 e. The summed E-state index contributed by atoms with van der Waals surface area (Å²) in [5.41, 5.74) is 1.21. The lowest BCUT2D eigenvalue weighted by Gasteiger charge is -2.21. The summed E-state index contributed by atoms with van der Waals surface area (Å²) < 4.78 is 19.1. The third-order valence-corrected chi connectivity index (χ3v) is 4.51. The second-order valence-electron chi connectivity index (χ2n) is 6.09. The molecule has 1 saturated heterocycles. The molecule has 0 aliphatic carbocycles. The van der Waals surface area contributed by atoms with Gasteiger partial charge in [-0.3, -0.25) is 9.59 Å². The summed E-state index contributed by atoms with van der Waals surface area (Å²) in [4.78, 5) is 26.6. The predicted octanol–water partition coefficient (Wildman–Crippen LogP) is 2.64. The van der Waals surface area contributed by atoms with E-state index in [9.17, 15) is 14.0 Å². The lowest BCUT2D eigenvalue weighted by molar-refractivity contribution is -0.121. The third-order valence-electron chi connectivity index (χ3n) is 4.51. The first-order valence-electron chi connectivity index (χ1n) is 7.99. The number of imide groups is 1. The molecule has 2 aliphatic rings. The lowest BCUT2D eigenvalue weighted by Crippen LogP contribution is -2.39. The van der Waals surface area contributed by atoms with Gasteiger partial charge < -0.3 is 4.74 Å². The monoisotopic (exact) mass is 354 g/mol. The summed E-state index contributed by atoms with van der Waals surface area (Å²) >= 11 is 0. The lowest BCUT2D eigenvalue weighted by atomic mass is 10.1. The second-order valence-corrected chi connectivity index (χ2v) is 6.09. The van der Waals surface area contributed by atoms with E-state index in [4.69, 9.17) is 4.74 Å². The zero-order valence-electron chi connectivity index (χ0n) is 14.1. The van der Waals surface area contributed by atoms with Crippen LogP contribution in [0.15, 0.2) is 52.8 Å². The number of aryl methyl sites for hydroxylation is 1. The molecule has 8 heteroatoms. The number of carbonyl (C=O) groups is 2. The van der Waals surface area contributed by atoms with Gasteiger partial charge in [-0.05, 0) is 36.8 Å². The van der Waals surface area contributed by atoms with Gasteiger partial charge >= 0.3 is 0 Å². The molecule has 0 saturated carbocycles. The van der Waals surface area contributed by atoms with Crippen LogP contribution in [-0.2, 0) is 9.59 Å². The van der Waals surface area contributed by atoms with Crippen molar-refractivity contribution >= 4 is 23.2 Å². The van der Waals surface area contributed by atoms with Gasteiger partial charge in [-0.1, -0.05) is 17.4 Å². The highest BCUT2D eigenvalue weighted by Crippen LogP contribution is 2.36. The maximum Gasteiger partial charge on any atom is 0.263 e. The number of fused-ring (bicyclic) bond motifs is 1. The Morgan fingerprint density at radius 1 is 1.08 bits per heavy atom. The van der Waals surface area contributed by atoms with Crippen molar-refractivity contribution in [3.63, 3.8) is 0 Å². The van der Waals surface area contributed by atoms with Gasteiger partial charge in [-0.15, -0.1) is 0 Å². The molecule has 0 radical (unpaired) electrons. The number of anilines is 2. The number of halogens is 1. The minimum atomic E-state index is -0.946. The zero-order valence-corrected chi connectivity index (χ0v) is 14.1. The molecule has 0 spiro atoms. The Balaban J connectivity index is 1.70. The van der Waals surface area contributed by atoms with Crippen molar-refractivity contribution in [2.75, 3.05) is 17.0 Å². The number of carbonyl (C=O) groups excluding carboxylic acids is 2. The van der Waals surface area contributed by atoms with Crippen molar-refractivity contribution in [1.29, 1.82) is 0 Å². The SMILES string of the molecule is COc1cccc(N2N=N[C@@H]3C(=O)N(c4ccc(C)c(F)c4)C(=O)[C@H]32)c1. The van der Waals surface area contributed by atoms with Gasteiger partial charge in [0.05, 0.1) is 18.5 Å². The number of benzene rings is 2. The Hall–Kier alpha value is -3.29. The van der Waals surface area contributed by atoms with Crippen LogP contribution in [0.5, 0.6) is 5.75 Å². The van der Waals surface area contributed by atoms with Crippen LogP contribution < -0.4 is 14.6 Å². The maximum atomic E-state index is 13.9. The number of ether oxygens (including phenoxy) is 1. The number of nitrogens with zero attached hydrogens (tertiary/aromatic N) is 4. The molecule has 2 aromatic rings. The summed E-state index contributed by atoms with van der Waals surface area (Å²) in [6, 6.07) is 9.38. The number of rotatable bonds is 3. The van der Waals surface area contributed by atoms with Gasteiger partial charge in [-0.25, -0.2) is 14.3 Å². The molecule has 26 heavy (non-hydrogen) atoms. The van der Waals surface area contributed by atoms with Crippen LogP contribution in [0.3, 0.4) is 0 Å². The van der Waals surface area contributed by atoms with E-state index in [0.717, 1.165) is 4.90 Å². The average molecular weight is 354 g/mol. The smallest absolute Gasteiger partial charge is 0.263 e. The maximum absolute atomic E-state index is 13.9. The van der Waals surface area contributed by atoms with Gasteiger partial charge in [0.2, 0.25) is 0 Å². The van der Waals surface area contributed by atoms with Crippen LogP contribution in [0, 0.1) is 12.7 Å². The van der Waals surface area contributed by atoms with Crippen LogP contribution in [0.4, 0.5) is 15.8 Å². The first-order chi connectivity index (χ1) is 12.5. The summed E-state index contributed by atoms with van der Waals surface area (Å²) in [5, 5.41) is 9.35. The molecule has 2 aromatic carbocycles. The Labute approximate surface area is 148 Å². The standard InChI is InChI=1S/C18H15FN4O3/c1-10-6-7-11(9-14(10)19)22-17(24)15-16(18(22)25)23(21-20-15)12-4-3-5-13(8-12)26-2/h3-9,15-16H,1-2H3/t15-,16-/m0/s1. The molecule has 0 N–H and O–H groups in total. The fourth-order valence-corrected chi connectivity index (χ4v) is 3.10. The minimum absolute atomic E-state index is 0.193. The molecule has 1 fully saturated rings. The van der Waals surface area contributed by atoms with Crippen LogP contribution in [0.2, 0.25) is 0 Å². The van der Waals surface area contributed by atoms with E-state index in [2.05, 4.69) is 10.3 Å². The molecule has 2 atom stereocenters. The van der Waals surface area contributed by atoms with Gasteiger partial charge in [0, 0.05) is 6.07 Å². The fraction of sp³-hybridized carbons (Fsp3) is 0.222. The van der Waals surface area contributed by atoms with E-state index in [-0.39, 0.29) is 5.69 Å². The van der Waals surface area contributed by atoms with Crippen molar-refractivity contribution in [3.05, 3.63) is 53.8 Å². The Kier molecular flexibility index (Phi) is 3.68. The van der Waals surface area contributed by atoms with Crippen molar-refractivity contribution < 1.29 is 18.7 Å². The van der Waals surface area contributed by atoms with Gasteiger partial charge in [0.25, 0.3) is 11.8 Å². The highest BCUT2D eigenvalue weighted by molar-refractivity contribution is 6.26. The molecule has 0 bridgehead atoms. The molecular weight excluding hydrogens is 339 g/mol. The average Bonchev–Trinajstić information content (AvgIpc) is 3.18. The van der Waals surface area contributed by atoms with Crippen molar-refractivity contribution in [3.8, 4) is 5.75 Å². The van der Waals surface area contributed by atoms with E-state index in [1.807, 2.05) is 0 Å². The molecule has 0 aromatic heterocycles. The second kappa shape index (κ2) is 5.91. The van der Waals surface area contributed by atoms with Crippen LogP contribution in [0.1, 0.15) is 5.56 Å². The van der Waals surface area contributed by atoms with Crippen molar-refractivity contribution in [2.24, 2.45) is 10.3 Å². The van der Waals surface area contributed by atoms with Crippen molar-refractivity contribution in [1.82, 2.24) is 0 Å². The Morgan fingerprint density at radius 2 is 1.88 bits per heavy atom. The molecule has 7 nitrogen and oxygen atoms in total. The molecule has 2 heterocycles. The topological polar surface area (TPSA) is 74.6 Å². The molecule has 4 rings (SSSR count). The number of amides is 2. The third kappa shape index (κ3) is 2.33. The first-order valence-corrected chi connectivity index (χ1v) is 7.99. The molecular formula is C18H15FN4O3. The highest BCUT2D eigenvalue weighted by Gasteiger charge is 2.55. The minimum Gasteiger partial charge on any atom is -0.497 e. The van der Waals surface area contributed by atoms with Crippen LogP contribution >= 0.6 is 0 Å². The van der Waals surface area contributed by atoms with E-state index >= 15 is 0 Å². The van der Waals surface area contributed by atoms with Gasteiger partial charge in [0.15, 0.2) is 12.1 Å². The Bertz CT molecular complexity index is 946. The number of hydrogen-bond donors (Lipinski definition) is 0. The normalized spacial score (nSPS) is 21.5. The summed E-state index contributed by atoms with van der Waals surface area (Å²) in [7, 11) is 1.53. The molecule has 2 aliphatic heterocycles. The predicted molar refractivity (Wildman–Crippen MR) is 91.5 cm³/mol. The summed E-state index contributed by atoms with van der Waals surface area (Å²) in [5.74, 6) is -0.893.